The largest absolute Gasteiger partial charge is 0.373 e. The number of hydrogen-bond donors (Lipinski definition) is 1. The van der Waals surface area contributed by atoms with Crippen molar-refractivity contribution in [3.8, 4) is 0 Å². The number of nitrogens with zero attached hydrogens (tertiary/aromatic N) is 2. The summed E-state index contributed by atoms with van der Waals surface area (Å²) in [6.07, 6.45) is 3.46. The summed E-state index contributed by atoms with van der Waals surface area (Å²) in [6.45, 7) is 6.79. The highest BCUT2D eigenvalue weighted by molar-refractivity contribution is 6.30. The van der Waals surface area contributed by atoms with E-state index in [-0.39, 0.29) is 5.41 Å². The van der Waals surface area contributed by atoms with Crippen LogP contribution in [0.3, 0.4) is 0 Å². The molecule has 0 aliphatic heterocycles. The van der Waals surface area contributed by atoms with Crippen molar-refractivity contribution in [3.05, 3.63) is 88.5 Å². The second-order valence-electron chi connectivity index (χ2n) is 7.68. The van der Waals surface area contributed by atoms with Gasteiger partial charge in [-0.05, 0) is 34.2 Å². The van der Waals surface area contributed by atoms with Gasteiger partial charge >= 0.3 is 0 Å². The van der Waals surface area contributed by atoms with Crippen molar-refractivity contribution in [2.45, 2.75) is 38.5 Å². The summed E-state index contributed by atoms with van der Waals surface area (Å²) in [5.74, 6) is 0.496. The van der Waals surface area contributed by atoms with Gasteiger partial charge in [-0.15, -0.1) is 0 Å². The molecule has 0 aliphatic carbocycles. The van der Waals surface area contributed by atoms with E-state index in [0.29, 0.717) is 23.1 Å². The summed E-state index contributed by atoms with van der Waals surface area (Å²) in [5.41, 5.74) is 1.24. The molecule has 0 saturated heterocycles. The third-order valence-corrected chi connectivity index (χ3v) is 4.99. The van der Waals surface area contributed by atoms with E-state index >= 15 is 0 Å². The average Bonchev–Trinajstić information content (AvgIpc) is 3.10. The first kappa shape index (κ1) is 19.6. The Labute approximate surface area is 165 Å². The molecule has 27 heavy (non-hydrogen) atoms. The molecule has 0 unspecified atom stereocenters. The van der Waals surface area contributed by atoms with Crippen molar-refractivity contribution in [3.63, 3.8) is 0 Å². The number of halogens is 1. The number of aromatic nitrogens is 2. The van der Waals surface area contributed by atoms with Crippen LogP contribution in [0, 0.1) is 0 Å². The molecule has 4 nitrogen and oxygen atoms in total. The Hall–Kier alpha value is -2.14. The minimum Gasteiger partial charge on any atom is -0.373 e. The summed E-state index contributed by atoms with van der Waals surface area (Å²) in [4.78, 5) is 4.45. The second kappa shape index (κ2) is 7.47. The van der Waals surface area contributed by atoms with Gasteiger partial charge in [-0.2, -0.15) is 0 Å². The fourth-order valence-electron chi connectivity index (χ4n) is 3.20. The maximum Gasteiger partial charge on any atom is 0.173 e. The molecule has 142 valence electrons. The van der Waals surface area contributed by atoms with Crippen molar-refractivity contribution in [1.82, 2.24) is 9.55 Å². The van der Waals surface area contributed by atoms with Crippen molar-refractivity contribution in [1.29, 1.82) is 0 Å². The van der Waals surface area contributed by atoms with Crippen LogP contribution in [0.1, 0.15) is 43.3 Å². The Kier molecular flexibility index (Phi) is 5.43. The van der Waals surface area contributed by atoms with Crippen LogP contribution in [0.25, 0.3) is 0 Å². The number of hydrogen-bond acceptors (Lipinski definition) is 3. The highest BCUT2D eigenvalue weighted by Gasteiger charge is 2.38. The molecule has 3 rings (SSSR count). The molecule has 5 heteroatoms. The number of ether oxygens (including phenoxy) is 1. The lowest BCUT2D eigenvalue weighted by Gasteiger charge is -2.30. The van der Waals surface area contributed by atoms with Gasteiger partial charge in [0.2, 0.25) is 0 Å². The molecule has 0 saturated carbocycles. The quantitative estimate of drug-likeness (QED) is 0.692. The molecule has 0 radical (unpaired) electrons. The Morgan fingerprint density at radius 2 is 1.48 bits per heavy atom. The van der Waals surface area contributed by atoms with Crippen molar-refractivity contribution < 1.29 is 9.84 Å². The summed E-state index contributed by atoms with van der Waals surface area (Å²) in [6, 6.07) is 15.2. The molecule has 3 aromatic rings. The summed E-state index contributed by atoms with van der Waals surface area (Å²) < 4.78 is 7.07. The molecule has 2 aromatic carbocycles. The molecule has 0 aliphatic rings. The summed E-state index contributed by atoms with van der Waals surface area (Å²) in [7, 11) is 1.61. The van der Waals surface area contributed by atoms with Gasteiger partial charge < -0.3 is 14.4 Å². The highest BCUT2D eigenvalue weighted by Crippen LogP contribution is 2.37. The van der Waals surface area contributed by atoms with E-state index in [1.165, 1.54) is 5.56 Å². The van der Waals surface area contributed by atoms with Gasteiger partial charge in [-0.1, -0.05) is 68.8 Å². The van der Waals surface area contributed by atoms with Gasteiger partial charge in [0.25, 0.3) is 0 Å². The molecule has 0 bridgehead atoms. The van der Waals surface area contributed by atoms with E-state index in [4.69, 9.17) is 16.3 Å². The first-order valence-corrected chi connectivity index (χ1v) is 9.24. The standard InChI is InChI=1S/C22H25ClN2O2/c1-21(2,3)16-5-7-17(8-6-16)22(26,18-9-11-19(23)12-10-18)20-24-13-14-25(20)15-27-4/h5-14,26H,15H2,1-4H3/t22-/m0/s1. The first-order valence-electron chi connectivity index (χ1n) is 8.87. The molecule has 1 N–H and O–H groups in total. The normalized spacial score (nSPS) is 14.1. The zero-order valence-corrected chi connectivity index (χ0v) is 16.9. The van der Waals surface area contributed by atoms with E-state index in [1.807, 2.05) is 24.3 Å². The van der Waals surface area contributed by atoms with Gasteiger partial charge in [0.15, 0.2) is 11.4 Å². The van der Waals surface area contributed by atoms with Gasteiger partial charge in [-0.25, -0.2) is 4.98 Å². The minimum atomic E-state index is -1.43. The monoisotopic (exact) mass is 384 g/mol. The number of aliphatic hydroxyl groups is 1. The summed E-state index contributed by atoms with van der Waals surface area (Å²) in [5, 5.41) is 12.5. The predicted octanol–water partition coefficient (Wildman–Crippen LogP) is 4.72. The van der Waals surface area contributed by atoms with E-state index in [1.54, 1.807) is 36.2 Å². The second-order valence-corrected chi connectivity index (χ2v) is 8.12. The molecule has 0 spiro atoms. The van der Waals surface area contributed by atoms with Crippen LogP contribution in [0.15, 0.2) is 60.9 Å². The highest BCUT2D eigenvalue weighted by atomic mass is 35.5. The molecular weight excluding hydrogens is 360 g/mol. The van der Waals surface area contributed by atoms with Crippen molar-refractivity contribution >= 4 is 11.6 Å². The number of rotatable bonds is 5. The molecule has 0 fully saturated rings. The van der Waals surface area contributed by atoms with E-state index in [0.717, 1.165) is 5.56 Å². The fraction of sp³-hybridized carbons (Fsp3) is 0.318. The van der Waals surface area contributed by atoms with Crippen LogP contribution in [0.2, 0.25) is 5.02 Å². The van der Waals surface area contributed by atoms with Gasteiger partial charge in [0, 0.05) is 24.5 Å². The number of benzene rings is 2. The average molecular weight is 385 g/mol. The molecular formula is C22H25ClN2O2. The van der Waals surface area contributed by atoms with Gasteiger partial charge in [-0.3, -0.25) is 0 Å². The first-order chi connectivity index (χ1) is 12.8. The minimum absolute atomic E-state index is 0.0332. The van der Waals surface area contributed by atoms with E-state index in [9.17, 15) is 5.11 Å². The van der Waals surface area contributed by atoms with Crippen LogP contribution in [0.4, 0.5) is 0 Å². The number of imidazole rings is 1. The van der Waals surface area contributed by atoms with Gasteiger partial charge in [0.1, 0.15) is 6.73 Å². The summed E-state index contributed by atoms with van der Waals surface area (Å²) >= 11 is 6.06. The van der Waals surface area contributed by atoms with Crippen molar-refractivity contribution in [2.24, 2.45) is 0 Å². The lowest BCUT2D eigenvalue weighted by atomic mass is 9.82. The smallest absolute Gasteiger partial charge is 0.173 e. The molecule has 1 aromatic heterocycles. The third kappa shape index (κ3) is 3.79. The Balaban J connectivity index is 2.18. The van der Waals surface area contributed by atoms with Crippen LogP contribution >= 0.6 is 11.6 Å². The lowest BCUT2D eigenvalue weighted by Crippen LogP contribution is -2.33. The van der Waals surface area contributed by atoms with Crippen LogP contribution < -0.4 is 0 Å². The SMILES string of the molecule is COCn1ccnc1[C@@](O)(c1ccc(Cl)cc1)c1ccc(C(C)(C)C)cc1. The van der Waals surface area contributed by atoms with Crippen LogP contribution in [-0.2, 0) is 22.5 Å². The van der Waals surface area contributed by atoms with Crippen LogP contribution in [-0.4, -0.2) is 21.8 Å². The zero-order valence-electron chi connectivity index (χ0n) is 16.1. The van der Waals surface area contributed by atoms with Crippen molar-refractivity contribution in [2.75, 3.05) is 7.11 Å². The Morgan fingerprint density at radius 1 is 0.963 bits per heavy atom. The zero-order chi connectivity index (χ0) is 19.7. The molecule has 1 heterocycles. The van der Waals surface area contributed by atoms with Gasteiger partial charge in [0.05, 0.1) is 0 Å². The lowest BCUT2D eigenvalue weighted by molar-refractivity contribution is 0.0845. The van der Waals surface area contributed by atoms with E-state index < -0.39 is 5.60 Å². The third-order valence-electron chi connectivity index (χ3n) is 4.74. The number of methoxy groups -OCH3 is 1. The Bertz CT molecular complexity index is 895. The molecule has 1 atom stereocenters. The predicted molar refractivity (Wildman–Crippen MR) is 108 cm³/mol. The molecule has 0 amide bonds. The fourth-order valence-corrected chi connectivity index (χ4v) is 3.33. The van der Waals surface area contributed by atoms with Crippen LogP contribution in [0.5, 0.6) is 0 Å². The maximum absolute atomic E-state index is 11.9. The Morgan fingerprint density at radius 3 is 2.00 bits per heavy atom. The topological polar surface area (TPSA) is 47.3 Å². The van der Waals surface area contributed by atoms with E-state index in [2.05, 4.69) is 37.9 Å². The maximum atomic E-state index is 11.9.